The molecule has 0 aromatic carbocycles. The summed E-state index contributed by atoms with van der Waals surface area (Å²) in [6.07, 6.45) is 1.36. The molecule has 1 aliphatic heterocycles. The van der Waals surface area contributed by atoms with E-state index in [2.05, 4.69) is 4.98 Å². The summed E-state index contributed by atoms with van der Waals surface area (Å²) in [6.45, 7) is 5.93. The maximum Gasteiger partial charge on any atom is 0.330 e. The van der Waals surface area contributed by atoms with Crippen molar-refractivity contribution >= 4 is 0 Å². The lowest BCUT2D eigenvalue weighted by Crippen LogP contribution is -2.35. The number of aliphatic hydroxyl groups excluding tert-OH is 1. The largest absolute Gasteiger partial charge is 0.388 e. The molecule has 0 bridgehead atoms. The number of aliphatic hydroxyl groups is 1. The highest BCUT2D eigenvalue weighted by Crippen LogP contribution is 2.44. The Balaban J connectivity index is 2.42. The molecule has 106 valence electrons. The van der Waals surface area contributed by atoms with Crippen molar-refractivity contribution in [1.29, 1.82) is 0 Å². The van der Waals surface area contributed by atoms with Gasteiger partial charge in [0.1, 0.15) is 6.10 Å². The summed E-state index contributed by atoms with van der Waals surface area (Å²) < 4.78 is 7.22. The molecule has 1 aliphatic rings. The lowest BCUT2D eigenvalue weighted by Gasteiger charge is -2.30. The zero-order chi connectivity index (χ0) is 14.2. The summed E-state index contributed by atoms with van der Waals surface area (Å²) in [7, 11) is 0. The van der Waals surface area contributed by atoms with E-state index in [0.717, 1.165) is 12.8 Å². The molecule has 1 fully saturated rings. The fourth-order valence-electron chi connectivity index (χ4n) is 2.89. The van der Waals surface area contributed by atoms with Crippen LogP contribution in [-0.4, -0.2) is 26.4 Å². The Bertz CT molecular complexity index is 558. The van der Waals surface area contributed by atoms with Crippen LogP contribution in [0, 0.1) is 5.92 Å². The number of aromatic amines is 1. The Labute approximate surface area is 111 Å². The van der Waals surface area contributed by atoms with Crippen LogP contribution < -0.4 is 11.2 Å². The summed E-state index contributed by atoms with van der Waals surface area (Å²) in [6, 6.07) is 1.25. The van der Waals surface area contributed by atoms with E-state index in [0.29, 0.717) is 0 Å². The molecule has 6 heteroatoms. The second-order valence-corrected chi connectivity index (χ2v) is 5.08. The molecule has 0 amide bonds. The highest BCUT2D eigenvalue weighted by molar-refractivity contribution is 4.98. The Morgan fingerprint density at radius 3 is 2.53 bits per heavy atom. The van der Waals surface area contributed by atoms with Crippen LogP contribution in [0.5, 0.6) is 0 Å². The van der Waals surface area contributed by atoms with Gasteiger partial charge >= 0.3 is 5.69 Å². The van der Waals surface area contributed by atoms with Gasteiger partial charge in [0.15, 0.2) is 6.23 Å². The van der Waals surface area contributed by atoms with Gasteiger partial charge in [0.05, 0.1) is 5.60 Å². The summed E-state index contributed by atoms with van der Waals surface area (Å²) in [5.74, 6) is -0.0775. The van der Waals surface area contributed by atoms with Gasteiger partial charge in [0, 0.05) is 18.2 Å². The number of aromatic nitrogens is 2. The first-order valence-corrected chi connectivity index (χ1v) is 6.62. The Morgan fingerprint density at radius 1 is 1.42 bits per heavy atom. The summed E-state index contributed by atoms with van der Waals surface area (Å²) in [4.78, 5) is 25.0. The van der Waals surface area contributed by atoms with Crippen LogP contribution in [0.3, 0.4) is 0 Å². The minimum absolute atomic E-state index is 0.0775. The lowest BCUT2D eigenvalue weighted by molar-refractivity contribution is -0.0980. The zero-order valence-electron chi connectivity index (χ0n) is 11.4. The van der Waals surface area contributed by atoms with Gasteiger partial charge in [-0.15, -0.1) is 0 Å². The van der Waals surface area contributed by atoms with E-state index >= 15 is 0 Å². The normalized spacial score (nSPS) is 29.6. The maximum atomic E-state index is 11.8. The minimum Gasteiger partial charge on any atom is -0.388 e. The first-order chi connectivity index (χ1) is 8.95. The minimum atomic E-state index is -0.775. The van der Waals surface area contributed by atoms with Crippen molar-refractivity contribution in [2.75, 3.05) is 0 Å². The van der Waals surface area contributed by atoms with Crippen molar-refractivity contribution in [3.8, 4) is 0 Å². The molecule has 0 saturated carbocycles. The Morgan fingerprint density at radius 2 is 2.05 bits per heavy atom. The molecular weight excluding hydrogens is 248 g/mol. The number of rotatable bonds is 3. The molecule has 1 saturated heterocycles. The van der Waals surface area contributed by atoms with Crippen LogP contribution >= 0.6 is 0 Å². The molecule has 0 spiro atoms. The summed E-state index contributed by atoms with van der Waals surface area (Å²) in [5, 5.41) is 10.3. The van der Waals surface area contributed by atoms with Crippen LogP contribution in [0.4, 0.5) is 0 Å². The van der Waals surface area contributed by atoms with Crippen molar-refractivity contribution in [1.82, 2.24) is 9.55 Å². The number of H-pyrrole nitrogens is 1. The van der Waals surface area contributed by atoms with Gasteiger partial charge in [-0.3, -0.25) is 14.3 Å². The van der Waals surface area contributed by atoms with Gasteiger partial charge in [-0.2, -0.15) is 0 Å². The van der Waals surface area contributed by atoms with E-state index in [-0.39, 0.29) is 5.92 Å². The second-order valence-electron chi connectivity index (χ2n) is 5.08. The van der Waals surface area contributed by atoms with E-state index in [1.165, 1.54) is 16.8 Å². The topological polar surface area (TPSA) is 84.3 Å². The first kappa shape index (κ1) is 14.0. The smallest absolute Gasteiger partial charge is 0.330 e. The second kappa shape index (κ2) is 4.94. The molecular formula is C13H20N2O4. The predicted molar refractivity (Wildman–Crippen MR) is 69.9 cm³/mol. The maximum absolute atomic E-state index is 11.8. The van der Waals surface area contributed by atoms with E-state index in [9.17, 15) is 14.7 Å². The van der Waals surface area contributed by atoms with E-state index < -0.39 is 29.2 Å². The van der Waals surface area contributed by atoms with Crippen LogP contribution in [0.15, 0.2) is 21.9 Å². The number of ether oxygens (including phenoxy) is 1. The molecule has 0 aliphatic carbocycles. The van der Waals surface area contributed by atoms with E-state index in [1.807, 2.05) is 20.8 Å². The fourth-order valence-corrected chi connectivity index (χ4v) is 2.89. The molecule has 0 radical (unpaired) electrons. The molecule has 2 rings (SSSR count). The van der Waals surface area contributed by atoms with Crippen LogP contribution in [0.2, 0.25) is 0 Å². The highest BCUT2D eigenvalue weighted by atomic mass is 16.5. The summed E-state index contributed by atoms with van der Waals surface area (Å²) in [5.41, 5.74) is -1.45. The zero-order valence-corrected chi connectivity index (χ0v) is 11.4. The third kappa shape index (κ3) is 2.15. The molecule has 1 aromatic rings. The monoisotopic (exact) mass is 268 g/mol. The van der Waals surface area contributed by atoms with E-state index in [1.54, 1.807) is 0 Å². The molecule has 1 aromatic heterocycles. The molecule has 2 N–H and O–H groups in total. The standard InChI is InChI=1S/C13H20N2O4/c1-4-13(5-2)8(3)10(17)11(19-13)15-7-6-9(16)14-12(15)18/h6-8,10-11,17H,4-5H2,1-3H3,(H,14,16,18)/t8-,10-,11+/m0/s1. The third-order valence-corrected chi connectivity index (χ3v) is 4.31. The van der Waals surface area contributed by atoms with Crippen molar-refractivity contribution in [3.05, 3.63) is 33.1 Å². The first-order valence-electron chi connectivity index (χ1n) is 6.62. The number of nitrogens with one attached hydrogen (secondary N) is 1. The SMILES string of the molecule is CCC1(CC)O[C@@H](n2ccc(=O)[nH]c2=O)[C@@H](O)[C@@H]1C. The van der Waals surface area contributed by atoms with Crippen molar-refractivity contribution in [2.24, 2.45) is 5.92 Å². The number of hydrogen-bond donors (Lipinski definition) is 2. The third-order valence-electron chi connectivity index (χ3n) is 4.31. The quantitative estimate of drug-likeness (QED) is 0.841. The van der Waals surface area contributed by atoms with Gasteiger partial charge in [-0.1, -0.05) is 20.8 Å². The van der Waals surface area contributed by atoms with Crippen molar-refractivity contribution in [2.45, 2.75) is 51.5 Å². The average molecular weight is 268 g/mol. The lowest BCUT2D eigenvalue weighted by atomic mass is 9.83. The van der Waals surface area contributed by atoms with Gasteiger partial charge in [-0.05, 0) is 12.8 Å². The van der Waals surface area contributed by atoms with E-state index in [4.69, 9.17) is 4.74 Å². The molecule has 19 heavy (non-hydrogen) atoms. The van der Waals surface area contributed by atoms with Gasteiger partial charge in [-0.25, -0.2) is 4.79 Å². The molecule has 6 nitrogen and oxygen atoms in total. The van der Waals surface area contributed by atoms with Crippen LogP contribution in [0.25, 0.3) is 0 Å². The van der Waals surface area contributed by atoms with Gasteiger partial charge < -0.3 is 9.84 Å². The average Bonchev–Trinajstić information content (AvgIpc) is 2.64. The van der Waals surface area contributed by atoms with Crippen molar-refractivity contribution < 1.29 is 9.84 Å². The van der Waals surface area contributed by atoms with Gasteiger partial charge in [0.2, 0.25) is 0 Å². The summed E-state index contributed by atoms with van der Waals surface area (Å²) >= 11 is 0. The molecule has 0 unspecified atom stereocenters. The fraction of sp³-hybridized carbons (Fsp3) is 0.692. The van der Waals surface area contributed by atoms with Crippen LogP contribution in [-0.2, 0) is 4.74 Å². The number of hydrogen-bond acceptors (Lipinski definition) is 4. The predicted octanol–water partition coefficient (Wildman–Crippen LogP) is 0.621. The Kier molecular flexibility index (Phi) is 3.64. The van der Waals surface area contributed by atoms with Crippen molar-refractivity contribution in [3.63, 3.8) is 0 Å². The van der Waals surface area contributed by atoms with Crippen LogP contribution in [0.1, 0.15) is 39.8 Å². The molecule has 3 atom stereocenters. The molecule has 2 heterocycles. The Hall–Kier alpha value is -1.40. The highest BCUT2D eigenvalue weighted by Gasteiger charge is 2.50. The number of nitrogens with zero attached hydrogens (tertiary/aromatic N) is 1. The van der Waals surface area contributed by atoms with Gasteiger partial charge in [0.25, 0.3) is 5.56 Å².